The molecule has 2 aromatic rings. The van der Waals surface area contributed by atoms with Gasteiger partial charge in [-0.3, -0.25) is 0 Å². The van der Waals surface area contributed by atoms with Crippen LogP contribution in [-0.4, -0.2) is 35.1 Å². The lowest BCUT2D eigenvalue weighted by Crippen LogP contribution is -2.43. The number of rotatable bonds is 5. The van der Waals surface area contributed by atoms with Gasteiger partial charge in [-0.2, -0.15) is 0 Å². The lowest BCUT2D eigenvalue weighted by molar-refractivity contribution is 0.0894. The molecule has 0 unspecified atom stereocenters. The molecule has 1 saturated heterocycles. The van der Waals surface area contributed by atoms with E-state index in [9.17, 15) is 0 Å². The van der Waals surface area contributed by atoms with Gasteiger partial charge in [0, 0.05) is 42.3 Å². The van der Waals surface area contributed by atoms with E-state index in [-0.39, 0.29) is 0 Å². The van der Waals surface area contributed by atoms with Crippen LogP contribution in [0.1, 0.15) is 64.0 Å². The molecule has 27 heavy (non-hydrogen) atoms. The zero-order valence-electron chi connectivity index (χ0n) is 17.2. The first kappa shape index (κ1) is 19.0. The SMILES string of the molecule is CC(C)[C@H]1CC[C@@H](N2CCC(n3cc(CCN)c4ccccc43)CC2)CC1. The summed E-state index contributed by atoms with van der Waals surface area (Å²) >= 11 is 0. The van der Waals surface area contributed by atoms with Crippen LogP contribution in [0.2, 0.25) is 0 Å². The third-order valence-corrected chi connectivity index (χ3v) is 7.33. The second kappa shape index (κ2) is 8.36. The smallest absolute Gasteiger partial charge is 0.0485 e. The van der Waals surface area contributed by atoms with Crippen LogP contribution in [0.4, 0.5) is 0 Å². The van der Waals surface area contributed by atoms with Gasteiger partial charge in [-0.1, -0.05) is 32.0 Å². The number of para-hydroxylation sites is 1. The monoisotopic (exact) mass is 367 g/mol. The van der Waals surface area contributed by atoms with Crippen LogP contribution < -0.4 is 5.73 Å². The van der Waals surface area contributed by atoms with Crippen LogP contribution in [0.25, 0.3) is 10.9 Å². The molecule has 0 radical (unpaired) electrons. The van der Waals surface area contributed by atoms with Crippen molar-refractivity contribution in [2.75, 3.05) is 19.6 Å². The van der Waals surface area contributed by atoms with Crippen molar-refractivity contribution in [2.45, 2.75) is 70.9 Å². The Kier molecular flexibility index (Phi) is 5.89. The number of likely N-dealkylation sites (tertiary alicyclic amines) is 1. The molecule has 0 spiro atoms. The quantitative estimate of drug-likeness (QED) is 0.807. The maximum atomic E-state index is 5.85. The standard InChI is InChI=1S/C24H37N3/c1-18(2)19-7-9-21(10-8-19)26-15-12-22(13-16-26)27-17-20(11-14-25)23-5-3-4-6-24(23)27/h3-6,17-19,21-22H,7-16,25H2,1-2H3/t19-,21+. The van der Waals surface area contributed by atoms with E-state index in [1.807, 2.05) is 0 Å². The maximum absolute atomic E-state index is 5.85. The first-order valence-electron chi connectivity index (χ1n) is 11.2. The molecule has 0 amide bonds. The summed E-state index contributed by atoms with van der Waals surface area (Å²) < 4.78 is 2.56. The Morgan fingerprint density at radius 2 is 1.67 bits per heavy atom. The summed E-state index contributed by atoms with van der Waals surface area (Å²) in [6.45, 7) is 8.06. The summed E-state index contributed by atoms with van der Waals surface area (Å²) in [4.78, 5) is 2.81. The molecule has 1 aromatic heterocycles. The van der Waals surface area contributed by atoms with Crippen LogP contribution in [-0.2, 0) is 6.42 Å². The zero-order chi connectivity index (χ0) is 18.8. The molecule has 3 heteroatoms. The van der Waals surface area contributed by atoms with Crippen LogP contribution in [0.5, 0.6) is 0 Å². The van der Waals surface area contributed by atoms with Crippen molar-refractivity contribution in [3.8, 4) is 0 Å². The molecule has 1 aromatic carbocycles. The number of benzene rings is 1. The molecule has 2 heterocycles. The molecule has 1 aliphatic carbocycles. The van der Waals surface area contributed by atoms with Crippen molar-refractivity contribution in [1.29, 1.82) is 0 Å². The lowest BCUT2D eigenvalue weighted by atomic mass is 9.79. The Labute approximate surface area is 164 Å². The Morgan fingerprint density at radius 3 is 2.33 bits per heavy atom. The molecule has 0 bridgehead atoms. The molecular formula is C24H37N3. The Balaban J connectivity index is 1.41. The highest BCUT2D eigenvalue weighted by atomic mass is 15.2. The van der Waals surface area contributed by atoms with Crippen molar-refractivity contribution in [1.82, 2.24) is 9.47 Å². The number of nitrogens with zero attached hydrogens (tertiary/aromatic N) is 2. The summed E-state index contributed by atoms with van der Waals surface area (Å²) in [6, 6.07) is 10.4. The average molecular weight is 368 g/mol. The normalized spacial score (nSPS) is 25.5. The largest absolute Gasteiger partial charge is 0.344 e. The molecule has 2 aliphatic rings. The summed E-state index contributed by atoms with van der Waals surface area (Å²) in [5.41, 5.74) is 8.67. The van der Waals surface area contributed by atoms with Gasteiger partial charge in [-0.05, 0) is 75.0 Å². The van der Waals surface area contributed by atoms with E-state index in [1.165, 1.54) is 68.1 Å². The number of hydrogen-bond acceptors (Lipinski definition) is 2. The predicted octanol–water partition coefficient (Wildman–Crippen LogP) is 4.99. The molecular weight excluding hydrogens is 330 g/mol. The first-order valence-corrected chi connectivity index (χ1v) is 11.2. The van der Waals surface area contributed by atoms with Gasteiger partial charge in [-0.15, -0.1) is 0 Å². The second-order valence-electron chi connectivity index (χ2n) is 9.20. The molecule has 2 N–H and O–H groups in total. The van der Waals surface area contributed by atoms with Crippen molar-refractivity contribution in [2.24, 2.45) is 17.6 Å². The van der Waals surface area contributed by atoms with E-state index in [2.05, 4.69) is 53.8 Å². The van der Waals surface area contributed by atoms with Gasteiger partial charge in [-0.25, -0.2) is 0 Å². The fraction of sp³-hybridized carbons (Fsp3) is 0.667. The number of aromatic nitrogens is 1. The number of hydrogen-bond donors (Lipinski definition) is 1. The minimum absolute atomic E-state index is 0.643. The number of fused-ring (bicyclic) bond motifs is 1. The highest BCUT2D eigenvalue weighted by Gasteiger charge is 2.30. The zero-order valence-corrected chi connectivity index (χ0v) is 17.2. The van der Waals surface area contributed by atoms with Crippen molar-refractivity contribution >= 4 is 10.9 Å². The molecule has 1 saturated carbocycles. The molecule has 0 atom stereocenters. The van der Waals surface area contributed by atoms with Crippen molar-refractivity contribution in [3.63, 3.8) is 0 Å². The minimum atomic E-state index is 0.643. The van der Waals surface area contributed by atoms with Crippen molar-refractivity contribution < 1.29 is 0 Å². The summed E-state index contributed by atoms with van der Waals surface area (Å²) in [7, 11) is 0. The van der Waals surface area contributed by atoms with Gasteiger partial charge in [0.1, 0.15) is 0 Å². The number of piperidine rings is 1. The molecule has 2 fully saturated rings. The highest BCUT2D eigenvalue weighted by Crippen LogP contribution is 2.35. The van der Waals surface area contributed by atoms with Gasteiger partial charge < -0.3 is 15.2 Å². The van der Waals surface area contributed by atoms with Crippen LogP contribution in [0.3, 0.4) is 0 Å². The Hall–Kier alpha value is -1.32. The van der Waals surface area contributed by atoms with Gasteiger partial charge in [0.15, 0.2) is 0 Å². The van der Waals surface area contributed by atoms with Crippen LogP contribution in [0.15, 0.2) is 30.5 Å². The molecule has 3 nitrogen and oxygen atoms in total. The third-order valence-electron chi connectivity index (χ3n) is 7.33. The molecule has 148 valence electrons. The summed E-state index contributed by atoms with van der Waals surface area (Å²) in [5, 5.41) is 1.40. The van der Waals surface area contributed by atoms with E-state index >= 15 is 0 Å². The van der Waals surface area contributed by atoms with E-state index in [1.54, 1.807) is 0 Å². The maximum Gasteiger partial charge on any atom is 0.0485 e. The highest BCUT2D eigenvalue weighted by molar-refractivity contribution is 5.84. The molecule has 4 rings (SSSR count). The van der Waals surface area contributed by atoms with E-state index in [0.717, 1.165) is 30.8 Å². The summed E-state index contributed by atoms with van der Waals surface area (Å²) in [5.74, 6) is 1.83. The van der Waals surface area contributed by atoms with Crippen LogP contribution in [0, 0.1) is 11.8 Å². The predicted molar refractivity (Wildman–Crippen MR) is 115 cm³/mol. The Bertz CT molecular complexity index is 731. The van der Waals surface area contributed by atoms with Gasteiger partial charge in [0.2, 0.25) is 0 Å². The topological polar surface area (TPSA) is 34.2 Å². The van der Waals surface area contributed by atoms with Crippen molar-refractivity contribution in [3.05, 3.63) is 36.0 Å². The van der Waals surface area contributed by atoms with Gasteiger partial charge in [0.25, 0.3) is 0 Å². The Morgan fingerprint density at radius 1 is 0.963 bits per heavy atom. The fourth-order valence-corrected chi connectivity index (χ4v) is 5.60. The summed E-state index contributed by atoms with van der Waals surface area (Å²) in [6.07, 6.45) is 11.6. The van der Waals surface area contributed by atoms with Crippen LogP contribution >= 0.6 is 0 Å². The second-order valence-corrected chi connectivity index (χ2v) is 9.20. The van der Waals surface area contributed by atoms with Gasteiger partial charge >= 0.3 is 0 Å². The third kappa shape index (κ3) is 3.95. The molecule has 1 aliphatic heterocycles. The number of nitrogens with two attached hydrogens (primary N) is 1. The van der Waals surface area contributed by atoms with E-state index in [4.69, 9.17) is 5.73 Å². The van der Waals surface area contributed by atoms with Gasteiger partial charge in [0.05, 0.1) is 0 Å². The minimum Gasteiger partial charge on any atom is -0.344 e. The average Bonchev–Trinajstić information content (AvgIpc) is 3.07. The van der Waals surface area contributed by atoms with E-state index in [0.29, 0.717) is 6.04 Å². The van der Waals surface area contributed by atoms with E-state index < -0.39 is 0 Å². The first-order chi connectivity index (χ1) is 13.2. The fourth-order valence-electron chi connectivity index (χ4n) is 5.60. The lowest BCUT2D eigenvalue weighted by Gasteiger charge is -2.42.